The summed E-state index contributed by atoms with van der Waals surface area (Å²) in [5, 5.41) is 7.89. The number of aryl methyl sites for hydroxylation is 1. The van der Waals surface area contributed by atoms with Crippen LogP contribution in [0.15, 0.2) is 6.33 Å². The van der Waals surface area contributed by atoms with E-state index in [4.69, 9.17) is 4.74 Å². The van der Waals surface area contributed by atoms with Crippen LogP contribution in [0.3, 0.4) is 0 Å². The maximum absolute atomic E-state index is 5.61. The first-order valence-corrected chi connectivity index (χ1v) is 7.99. The summed E-state index contributed by atoms with van der Waals surface area (Å²) in [5.41, 5.74) is 0. The smallest absolute Gasteiger partial charge is 0.138 e. The topological polar surface area (TPSA) is 52.0 Å². The first-order chi connectivity index (χ1) is 9.81. The Morgan fingerprint density at radius 2 is 2.05 bits per heavy atom. The van der Waals surface area contributed by atoms with Crippen LogP contribution in [0.1, 0.15) is 52.3 Å². The maximum atomic E-state index is 5.61. The lowest BCUT2D eigenvalue weighted by Crippen LogP contribution is -2.34. The average Bonchev–Trinajstić information content (AvgIpc) is 2.88. The summed E-state index contributed by atoms with van der Waals surface area (Å²) in [6.07, 6.45) is 6.93. The van der Waals surface area contributed by atoms with E-state index in [0.29, 0.717) is 6.04 Å². The number of hydrogen-bond donors (Lipinski definition) is 1. The predicted molar refractivity (Wildman–Crippen MR) is 81.8 cm³/mol. The van der Waals surface area contributed by atoms with Gasteiger partial charge in [-0.3, -0.25) is 4.68 Å². The summed E-state index contributed by atoms with van der Waals surface area (Å²) in [6.45, 7) is 10.2. The lowest BCUT2D eigenvalue weighted by atomic mass is 10.1. The molecule has 0 aliphatic rings. The van der Waals surface area contributed by atoms with Gasteiger partial charge in [-0.1, -0.05) is 20.8 Å². The van der Waals surface area contributed by atoms with Crippen molar-refractivity contribution in [1.29, 1.82) is 0 Å². The minimum atomic E-state index is 0.423. The summed E-state index contributed by atoms with van der Waals surface area (Å²) in [4.78, 5) is 4.40. The first-order valence-electron chi connectivity index (χ1n) is 7.99. The highest BCUT2D eigenvalue weighted by atomic mass is 16.5. The number of hydrogen-bond acceptors (Lipinski definition) is 4. The van der Waals surface area contributed by atoms with Crippen molar-refractivity contribution in [1.82, 2.24) is 20.1 Å². The summed E-state index contributed by atoms with van der Waals surface area (Å²) < 4.78 is 7.63. The molecule has 0 aliphatic heterocycles. The first kappa shape index (κ1) is 17.1. The highest BCUT2D eigenvalue weighted by molar-refractivity contribution is 4.90. The van der Waals surface area contributed by atoms with E-state index < -0.39 is 0 Å². The summed E-state index contributed by atoms with van der Waals surface area (Å²) in [5.74, 6) is 1.08. The van der Waals surface area contributed by atoms with E-state index >= 15 is 0 Å². The van der Waals surface area contributed by atoms with E-state index in [1.54, 1.807) is 6.33 Å². The van der Waals surface area contributed by atoms with Gasteiger partial charge >= 0.3 is 0 Å². The molecule has 0 amide bonds. The molecule has 0 fully saturated rings. The van der Waals surface area contributed by atoms with Gasteiger partial charge in [-0.2, -0.15) is 5.10 Å². The number of nitrogens with zero attached hydrogens (tertiary/aromatic N) is 3. The van der Waals surface area contributed by atoms with Gasteiger partial charge in [0.2, 0.25) is 0 Å². The molecule has 1 heterocycles. The normalized spacial score (nSPS) is 12.8. The van der Waals surface area contributed by atoms with Gasteiger partial charge in [0, 0.05) is 32.2 Å². The second-order valence-corrected chi connectivity index (χ2v) is 5.16. The summed E-state index contributed by atoms with van der Waals surface area (Å²) in [7, 11) is 0. The fourth-order valence-corrected chi connectivity index (χ4v) is 2.16. The lowest BCUT2D eigenvalue weighted by Gasteiger charge is -2.18. The average molecular weight is 282 g/mol. The van der Waals surface area contributed by atoms with Crippen LogP contribution in [-0.2, 0) is 17.7 Å². The van der Waals surface area contributed by atoms with Crippen molar-refractivity contribution >= 4 is 0 Å². The van der Waals surface area contributed by atoms with Crippen LogP contribution in [0, 0.1) is 0 Å². The molecule has 1 N–H and O–H groups in total. The van der Waals surface area contributed by atoms with Crippen LogP contribution < -0.4 is 5.32 Å². The van der Waals surface area contributed by atoms with Crippen molar-refractivity contribution in [2.45, 2.75) is 65.5 Å². The second-order valence-electron chi connectivity index (χ2n) is 5.16. The third kappa shape index (κ3) is 6.48. The van der Waals surface area contributed by atoms with Gasteiger partial charge < -0.3 is 10.1 Å². The Balaban J connectivity index is 2.47. The Bertz CT molecular complexity index is 340. The van der Waals surface area contributed by atoms with E-state index in [-0.39, 0.29) is 0 Å². The molecule has 0 saturated carbocycles. The molecule has 0 spiro atoms. The highest BCUT2D eigenvalue weighted by Crippen LogP contribution is 2.05. The predicted octanol–water partition coefficient (Wildman–Crippen LogP) is 2.42. The molecule has 5 nitrogen and oxygen atoms in total. The third-order valence-corrected chi connectivity index (χ3v) is 3.20. The molecule has 0 saturated heterocycles. The molecule has 1 aromatic rings. The molecule has 1 atom stereocenters. The Morgan fingerprint density at radius 1 is 1.20 bits per heavy atom. The van der Waals surface area contributed by atoms with Gasteiger partial charge in [0.05, 0.1) is 0 Å². The van der Waals surface area contributed by atoms with Crippen molar-refractivity contribution in [3.63, 3.8) is 0 Å². The molecule has 5 heteroatoms. The van der Waals surface area contributed by atoms with E-state index in [1.165, 1.54) is 0 Å². The van der Waals surface area contributed by atoms with Crippen LogP contribution >= 0.6 is 0 Å². The Hall–Kier alpha value is -0.940. The molecule has 116 valence electrons. The van der Waals surface area contributed by atoms with Crippen molar-refractivity contribution in [3.05, 3.63) is 12.2 Å². The largest absolute Gasteiger partial charge is 0.381 e. The number of nitrogens with one attached hydrogen (secondary N) is 1. The van der Waals surface area contributed by atoms with Crippen LogP contribution in [0.5, 0.6) is 0 Å². The van der Waals surface area contributed by atoms with Crippen LogP contribution in [0.2, 0.25) is 0 Å². The van der Waals surface area contributed by atoms with Gasteiger partial charge in [-0.05, 0) is 32.2 Å². The Kier molecular flexibility index (Phi) is 9.24. The maximum Gasteiger partial charge on any atom is 0.138 e. The Labute approximate surface area is 123 Å². The van der Waals surface area contributed by atoms with E-state index in [1.807, 2.05) is 4.68 Å². The minimum absolute atomic E-state index is 0.423. The standard InChI is InChI=1S/C15H30N4O/c1-4-8-16-14(7-11-20-10-6-3)12-15-17-13-18-19(15)9-5-2/h13-14,16H,4-12H2,1-3H3. The minimum Gasteiger partial charge on any atom is -0.381 e. The number of rotatable bonds is 12. The van der Waals surface area contributed by atoms with Crippen LogP contribution in [0.4, 0.5) is 0 Å². The third-order valence-electron chi connectivity index (χ3n) is 3.20. The number of ether oxygens (including phenoxy) is 1. The second kappa shape index (κ2) is 10.8. The molecule has 0 radical (unpaired) electrons. The Morgan fingerprint density at radius 3 is 2.75 bits per heavy atom. The zero-order valence-corrected chi connectivity index (χ0v) is 13.3. The summed E-state index contributed by atoms with van der Waals surface area (Å²) >= 11 is 0. The highest BCUT2D eigenvalue weighted by Gasteiger charge is 2.13. The van der Waals surface area contributed by atoms with Gasteiger partial charge in [0.15, 0.2) is 0 Å². The SMILES string of the molecule is CCCNC(CCOCCC)Cc1ncnn1CCC. The molecule has 20 heavy (non-hydrogen) atoms. The van der Waals surface area contributed by atoms with Crippen molar-refractivity contribution in [3.8, 4) is 0 Å². The molecule has 1 unspecified atom stereocenters. The molecule has 0 bridgehead atoms. The lowest BCUT2D eigenvalue weighted by molar-refractivity contribution is 0.124. The van der Waals surface area contributed by atoms with Gasteiger partial charge in [-0.25, -0.2) is 4.98 Å². The van der Waals surface area contributed by atoms with Gasteiger partial charge in [-0.15, -0.1) is 0 Å². The quantitative estimate of drug-likeness (QED) is 0.598. The molecular weight excluding hydrogens is 252 g/mol. The van der Waals surface area contributed by atoms with E-state index in [9.17, 15) is 0 Å². The van der Waals surface area contributed by atoms with Gasteiger partial charge in [0.25, 0.3) is 0 Å². The van der Waals surface area contributed by atoms with Crippen molar-refractivity contribution in [2.24, 2.45) is 0 Å². The van der Waals surface area contributed by atoms with Crippen molar-refractivity contribution in [2.75, 3.05) is 19.8 Å². The molecule has 0 aromatic carbocycles. The fourth-order valence-electron chi connectivity index (χ4n) is 2.16. The molecule has 1 aromatic heterocycles. The zero-order chi connectivity index (χ0) is 14.6. The van der Waals surface area contributed by atoms with Gasteiger partial charge in [0.1, 0.15) is 12.2 Å². The fraction of sp³-hybridized carbons (Fsp3) is 0.867. The number of aromatic nitrogens is 3. The zero-order valence-electron chi connectivity index (χ0n) is 13.3. The van der Waals surface area contributed by atoms with Crippen LogP contribution in [0.25, 0.3) is 0 Å². The summed E-state index contributed by atoms with van der Waals surface area (Å²) in [6, 6.07) is 0.423. The van der Waals surface area contributed by atoms with Crippen LogP contribution in [-0.4, -0.2) is 40.6 Å². The molecule has 1 rings (SSSR count). The van der Waals surface area contributed by atoms with E-state index in [0.717, 1.165) is 64.2 Å². The molecule has 0 aliphatic carbocycles. The van der Waals surface area contributed by atoms with Crippen molar-refractivity contribution < 1.29 is 4.74 Å². The molecular formula is C15H30N4O. The van der Waals surface area contributed by atoms with E-state index in [2.05, 4.69) is 36.2 Å². The monoisotopic (exact) mass is 282 g/mol.